The Kier molecular flexibility index (Phi) is 4.25. The zero-order valence-electron chi connectivity index (χ0n) is 13.6. The summed E-state index contributed by atoms with van der Waals surface area (Å²) in [5, 5.41) is 0.875. The minimum absolute atomic E-state index is 0.0135. The van der Waals surface area contributed by atoms with Gasteiger partial charge in [-0.3, -0.25) is 9.69 Å². The smallest absolute Gasteiger partial charge is 0.181 e. The summed E-state index contributed by atoms with van der Waals surface area (Å²) in [6, 6.07) is 9.46. The van der Waals surface area contributed by atoms with E-state index in [1.165, 1.54) is 0 Å². The Hall–Kier alpha value is -2.64. The van der Waals surface area contributed by atoms with Gasteiger partial charge in [-0.25, -0.2) is 9.97 Å². The van der Waals surface area contributed by atoms with Gasteiger partial charge in [-0.1, -0.05) is 17.8 Å². The Balaban J connectivity index is 1.70. The van der Waals surface area contributed by atoms with Gasteiger partial charge in [0.15, 0.2) is 11.2 Å². The lowest BCUT2D eigenvalue weighted by Gasteiger charge is -2.30. The van der Waals surface area contributed by atoms with Gasteiger partial charge in [0, 0.05) is 55.5 Å². The van der Waals surface area contributed by atoms with E-state index in [0.29, 0.717) is 13.3 Å². The number of benzene rings is 1. The second kappa shape index (κ2) is 6.70. The number of nitrogens with zero attached hydrogens (tertiary/aromatic N) is 4. The van der Waals surface area contributed by atoms with Crippen LogP contribution in [0.5, 0.6) is 0 Å². The van der Waals surface area contributed by atoms with Crippen LogP contribution in [0, 0.1) is 0 Å². The number of methoxy groups -OCH3 is 1. The number of rotatable bonds is 4. The quantitative estimate of drug-likeness (QED) is 0.720. The normalized spacial score (nSPS) is 12.6. The summed E-state index contributed by atoms with van der Waals surface area (Å²) in [5.74, 6) is 0.808. The van der Waals surface area contributed by atoms with Crippen molar-refractivity contribution in [2.45, 2.75) is 16.5 Å². The van der Waals surface area contributed by atoms with E-state index < -0.39 is 0 Å². The van der Waals surface area contributed by atoms with E-state index in [1.807, 2.05) is 9.47 Å². The Morgan fingerprint density at radius 1 is 1.12 bits per heavy atom. The van der Waals surface area contributed by atoms with E-state index in [-0.39, 0.29) is 5.43 Å². The first kappa shape index (κ1) is 15.9. The second-order valence-corrected chi connectivity index (χ2v) is 6.67. The van der Waals surface area contributed by atoms with Crippen molar-refractivity contribution >= 4 is 23.3 Å². The molecular formula is C18H16N4O2S. The van der Waals surface area contributed by atoms with Crippen LogP contribution in [-0.4, -0.2) is 28.4 Å². The lowest BCUT2D eigenvalue weighted by molar-refractivity contribution is 0.204. The highest BCUT2D eigenvalue weighted by atomic mass is 32.2. The monoisotopic (exact) mass is 352 g/mol. The molecule has 1 aromatic carbocycles. The van der Waals surface area contributed by atoms with Crippen molar-refractivity contribution in [1.82, 2.24) is 14.5 Å². The molecule has 0 spiro atoms. The van der Waals surface area contributed by atoms with Gasteiger partial charge in [0.05, 0.1) is 5.69 Å². The predicted molar refractivity (Wildman–Crippen MR) is 96.4 cm³/mol. The van der Waals surface area contributed by atoms with Crippen molar-refractivity contribution in [3.05, 3.63) is 70.9 Å². The fourth-order valence-corrected chi connectivity index (χ4v) is 3.76. The molecule has 0 fully saturated rings. The van der Waals surface area contributed by atoms with Crippen molar-refractivity contribution < 1.29 is 4.74 Å². The Morgan fingerprint density at radius 2 is 1.92 bits per heavy atom. The molecule has 2 aromatic heterocycles. The third kappa shape index (κ3) is 3.16. The van der Waals surface area contributed by atoms with Crippen LogP contribution in [0.15, 0.2) is 69.8 Å². The van der Waals surface area contributed by atoms with Crippen LogP contribution in [0.1, 0.15) is 5.56 Å². The van der Waals surface area contributed by atoms with Crippen molar-refractivity contribution in [3.63, 3.8) is 0 Å². The highest BCUT2D eigenvalue weighted by Gasteiger charge is 2.25. The summed E-state index contributed by atoms with van der Waals surface area (Å²) in [5.41, 5.74) is 2.20. The summed E-state index contributed by atoms with van der Waals surface area (Å²) >= 11 is 1.61. The Bertz CT molecular complexity index is 953. The molecule has 4 rings (SSSR count). The van der Waals surface area contributed by atoms with Gasteiger partial charge in [0.2, 0.25) is 0 Å². The van der Waals surface area contributed by atoms with Gasteiger partial charge in [0.1, 0.15) is 11.8 Å². The largest absolute Gasteiger partial charge is 0.364 e. The SMILES string of the molecule is COCN1c2cc(Cn3ccc(=O)cc3)ccc2Sc2nccnc21. The molecule has 0 saturated carbocycles. The third-order valence-electron chi connectivity index (χ3n) is 3.91. The number of aromatic nitrogens is 3. The molecule has 0 unspecified atom stereocenters. The standard InChI is InChI=1S/C18H16N4O2S/c1-24-12-22-15-10-13(11-21-8-4-14(23)5-9-21)2-3-16(15)25-18-17(22)19-6-7-20-18/h2-10H,11-12H2,1H3. The number of hydrogen-bond donors (Lipinski definition) is 0. The molecule has 6 nitrogen and oxygen atoms in total. The molecule has 7 heteroatoms. The molecule has 0 N–H and O–H groups in total. The molecule has 1 aliphatic heterocycles. The highest BCUT2D eigenvalue weighted by Crippen LogP contribution is 2.46. The third-order valence-corrected chi connectivity index (χ3v) is 4.95. The number of ether oxygens (including phenoxy) is 1. The van der Waals surface area contributed by atoms with E-state index in [2.05, 4.69) is 28.2 Å². The zero-order chi connectivity index (χ0) is 17.2. The Morgan fingerprint density at radius 3 is 2.72 bits per heavy atom. The van der Waals surface area contributed by atoms with Crippen LogP contribution in [0.2, 0.25) is 0 Å². The average Bonchev–Trinajstić information content (AvgIpc) is 2.64. The predicted octanol–water partition coefficient (Wildman–Crippen LogP) is 2.89. The van der Waals surface area contributed by atoms with E-state index in [0.717, 1.165) is 27.0 Å². The number of anilines is 2. The minimum Gasteiger partial charge on any atom is -0.364 e. The maximum atomic E-state index is 11.2. The summed E-state index contributed by atoms with van der Waals surface area (Å²) < 4.78 is 7.35. The maximum absolute atomic E-state index is 11.2. The lowest BCUT2D eigenvalue weighted by Crippen LogP contribution is -2.24. The van der Waals surface area contributed by atoms with Gasteiger partial charge < -0.3 is 9.30 Å². The molecule has 0 radical (unpaired) electrons. The molecule has 3 aromatic rings. The van der Waals surface area contributed by atoms with Gasteiger partial charge in [-0.15, -0.1) is 0 Å². The molecule has 0 saturated heterocycles. The first-order valence-electron chi connectivity index (χ1n) is 7.79. The van der Waals surface area contributed by atoms with Crippen LogP contribution in [0.25, 0.3) is 0 Å². The molecule has 3 heterocycles. The van der Waals surface area contributed by atoms with Crippen LogP contribution >= 0.6 is 11.8 Å². The first-order chi connectivity index (χ1) is 12.2. The molecule has 0 amide bonds. The van der Waals surface area contributed by atoms with Crippen LogP contribution in [-0.2, 0) is 11.3 Å². The van der Waals surface area contributed by atoms with Crippen LogP contribution < -0.4 is 10.3 Å². The Labute approximate surface area is 149 Å². The van der Waals surface area contributed by atoms with E-state index >= 15 is 0 Å². The fraction of sp³-hybridized carbons (Fsp3) is 0.167. The van der Waals surface area contributed by atoms with Gasteiger partial charge in [-0.05, 0) is 17.7 Å². The van der Waals surface area contributed by atoms with E-state index in [4.69, 9.17) is 4.74 Å². The number of fused-ring (bicyclic) bond motifs is 2. The second-order valence-electron chi connectivity index (χ2n) is 5.64. The number of hydrogen-bond acceptors (Lipinski definition) is 6. The minimum atomic E-state index is 0.0135. The van der Waals surface area contributed by atoms with Crippen molar-refractivity contribution in [2.24, 2.45) is 0 Å². The summed E-state index contributed by atoms with van der Waals surface area (Å²) in [4.78, 5) is 23.3. The van der Waals surface area contributed by atoms with Crippen LogP contribution in [0.4, 0.5) is 11.5 Å². The summed E-state index contributed by atoms with van der Waals surface area (Å²) in [6.45, 7) is 1.09. The van der Waals surface area contributed by atoms with Crippen molar-refractivity contribution in [1.29, 1.82) is 0 Å². The van der Waals surface area contributed by atoms with E-state index in [1.54, 1.807) is 55.8 Å². The van der Waals surface area contributed by atoms with Gasteiger partial charge >= 0.3 is 0 Å². The molecule has 0 atom stereocenters. The first-order valence-corrected chi connectivity index (χ1v) is 8.60. The molecule has 0 aliphatic carbocycles. The van der Waals surface area contributed by atoms with Crippen molar-refractivity contribution in [2.75, 3.05) is 18.7 Å². The lowest BCUT2D eigenvalue weighted by atomic mass is 10.1. The summed E-state index contributed by atoms with van der Waals surface area (Å²) in [7, 11) is 1.67. The van der Waals surface area contributed by atoms with Gasteiger partial charge in [0.25, 0.3) is 0 Å². The maximum Gasteiger partial charge on any atom is 0.181 e. The highest BCUT2D eigenvalue weighted by molar-refractivity contribution is 7.99. The number of pyridine rings is 1. The molecule has 25 heavy (non-hydrogen) atoms. The molecule has 126 valence electrons. The average molecular weight is 352 g/mol. The zero-order valence-corrected chi connectivity index (χ0v) is 14.4. The molecule has 0 bridgehead atoms. The van der Waals surface area contributed by atoms with E-state index in [9.17, 15) is 4.79 Å². The summed E-state index contributed by atoms with van der Waals surface area (Å²) in [6.07, 6.45) is 6.98. The fourth-order valence-electron chi connectivity index (χ4n) is 2.77. The molecule has 1 aliphatic rings. The van der Waals surface area contributed by atoms with Crippen LogP contribution in [0.3, 0.4) is 0 Å². The van der Waals surface area contributed by atoms with Crippen molar-refractivity contribution in [3.8, 4) is 0 Å². The topological polar surface area (TPSA) is 60.2 Å². The van der Waals surface area contributed by atoms with Gasteiger partial charge in [-0.2, -0.15) is 0 Å². The molecular weight excluding hydrogens is 336 g/mol.